The molecule has 2 unspecified atom stereocenters. The van der Waals surface area contributed by atoms with Gasteiger partial charge in [-0.2, -0.15) is 5.10 Å². The number of amides is 1. The van der Waals surface area contributed by atoms with E-state index in [1.54, 1.807) is 12.3 Å². The van der Waals surface area contributed by atoms with Gasteiger partial charge in [0.25, 0.3) is 5.91 Å². The zero-order valence-electron chi connectivity index (χ0n) is 22.3. The number of carbonyl (C=O) groups is 1. The van der Waals surface area contributed by atoms with E-state index in [0.717, 1.165) is 59.5 Å². The van der Waals surface area contributed by atoms with Gasteiger partial charge in [-0.05, 0) is 50.1 Å². The highest BCUT2D eigenvalue weighted by Crippen LogP contribution is 2.50. The topological polar surface area (TPSA) is 91.6 Å². The molecule has 208 valence electrons. The summed E-state index contributed by atoms with van der Waals surface area (Å²) in [6.07, 6.45) is 7.43. The maximum atomic E-state index is 14.6. The highest BCUT2D eigenvalue weighted by Gasteiger charge is 2.58. The lowest BCUT2D eigenvalue weighted by Crippen LogP contribution is -2.40. The van der Waals surface area contributed by atoms with Crippen molar-refractivity contribution in [1.82, 2.24) is 29.7 Å². The smallest absolute Gasteiger partial charge is 0.258 e. The molecule has 11 heteroatoms. The van der Waals surface area contributed by atoms with Crippen molar-refractivity contribution in [3.05, 3.63) is 71.4 Å². The zero-order valence-corrected chi connectivity index (χ0v) is 23.1. The number of benzene rings is 1. The van der Waals surface area contributed by atoms with E-state index in [4.69, 9.17) is 21.3 Å². The van der Waals surface area contributed by atoms with Crippen LogP contribution in [0.15, 0.2) is 55.0 Å². The first-order valence-electron chi connectivity index (χ1n) is 14.0. The number of anilines is 1. The fraction of sp³-hybridized carbons (Fsp3) is 0.333. The standard InChI is InChI=1S/C30H27ClFN7O2/c1-2-41-17-10-18(28-19-12-34-35-29(19)36-38(28)13-17)16-6-9-26(33-11-16)37-14-20-21(15-37)25-8-7-24(20)39(25)30(40)27-22(31)4-3-5-23(27)32/h3-6,9-13,20-21,24-25H,2,7-8,14-15H2,1H3,(H,35,36)/t20-,21+,24?,25?. The summed E-state index contributed by atoms with van der Waals surface area (Å²) in [7, 11) is 0. The molecule has 0 saturated carbocycles. The SMILES string of the molecule is CCOc1cc(-c2ccc(N3C[C@@H]4C5CCC([C@@H]4C3)N5C(=O)c3c(F)cccc3Cl)nc2)c2c3cn[nH]c3nn2c1. The predicted octanol–water partition coefficient (Wildman–Crippen LogP) is 5.20. The molecule has 1 N–H and O–H groups in total. The number of halogens is 2. The van der Waals surface area contributed by atoms with Crippen molar-refractivity contribution < 1.29 is 13.9 Å². The second kappa shape index (κ2) is 9.17. The molecule has 0 radical (unpaired) electrons. The largest absolute Gasteiger partial charge is 0.492 e. The molecule has 8 rings (SSSR count). The Morgan fingerprint density at radius 3 is 2.66 bits per heavy atom. The van der Waals surface area contributed by atoms with E-state index in [-0.39, 0.29) is 28.6 Å². The molecular weight excluding hydrogens is 545 g/mol. The molecular formula is C30H27ClFN7O2. The summed E-state index contributed by atoms with van der Waals surface area (Å²) in [5, 5.41) is 12.8. The molecule has 1 aromatic carbocycles. The van der Waals surface area contributed by atoms with Crippen molar-refractivity contribution in [1.29, 1.82) is 0 Å². The molecule has 0 spiro atoms. The molecule has 3 saturated heterocycles. The van der Waals surface area contributed by atoms with Crippen molar-refractivity contribution in [2.24, 2.45) is 11.8 Å². The number of carbonyl (C=O) groups excluding carboxylic acids is 1. The number of hydrogen-bond donors (Lipinski definition) is 1. The van der Waals surface area contributed by atoms with Gasteiger partial charge in [-0.25, -0.2) is 13.9 Å². The number of H-pyrrole nitrogens is 1. The van der Waals surface area contributed by atoms with E-state index in [2.05, 4.69) is 32.3 Å². The summed E-state index contributed by atoms with van der Waals surface area (Å²) >= 11 is 6.25. The van der Waals surface area contributed by atoms with Crippen LogP contribution in [0.5, 0.6) is 5.75 Å². The normalized spacial score (nSPS) is 23.2. The summed E-state index contributed by atoms with van der Waals surface area (Å²) < 4.78 is 22.2. The van der Waals surface area contributed by atoms with Gasteiger partial charge in [0.15, 0.2) is 5.65 Å². The number of fused-ring (bicyclic) bond motifs is 8. The Labute approximate surface area is 239 Å². The Kier molecular flexibility index (Phi) is 5.50. The molecule has 4 aromatic heterocycles. The maximum absolute atomic E-state index is 14.6. The number of pyridine rings is 2. The number of rotatable bonds is 5. The van der Waals surface area contributed by atoms with Crippen LogP contribution in [0.4, 0.5) is 10.2 Å². The number of nitrogens with one attached hydrogen (secondary N) is 1. The van der Waals surface area contributed by atoms with Crippen LogP contribution < -0.4 is 9.64 Å². The number of nitrogens with zero attached hydrogens (tertiary/aromatic N) is 6. The minimum atomic E-state index is -0.557. The van der Waals surface area contributed by atoms with Gasteiger partial charge in [-0.1, -0.05) is 17.7 Å². The molecule has 9 nitrogen and oxygen atoms in total. The third-order valence-electron chi connectivity index (χ3n) is 9.08. The van der Waals surface area contributed by atoms with E-state index < -0.39 is 5.82 Å². The highest BCUT2D eigenvalue weighted by atomic mass is 35.5. The van der Waals surface area contributed by atoms with Gasteiger partial charge in [0.05, 0.1) is 40.5 Å². The van der Waals surface area contributed by atoms with Crippen LogP contribution in [-0.4, -0.2) is 67.4 Å². The van der Waals surface area contributed by atoms with Crippen LogP contribution in [0.3, 0.4) is 0 Å². The quantitative estimate of drug-likeness (QED) is 0.312. The molecule has 0 aliphatic carbocycles. The minimum absolute atomic E-state index is 0.00597. The molecule has 1 amide bonds. The van der Waals surface area contributed by atoms with Gasteiger partial charge in [0.1, 0.15) is 17.4 Å². The molecule has 7 heterocycles. The Bertz CT molecular complexity index is 1780. The van der Waals surface area contributed by atoms with E-state index >= 15 is 0 Å². The summed E-state index contributed by atoms with van der Waals surface area (Å²) in [6.45, 7) is 4.14. The average Bonchev–Trinajstić information content (AvgIpc) is 3.77. The number of hydrogen-bond acceptors (Lipinski definition) is 6. The van der Waals surface area contributed by atoms with Crippen molar-refractivity contribution in [2.75, 3.05) is 24.6 Å². The second-order valence-electron chi connectivity index (χ2n) is 11.1. The average molecular weight is 572 g/mol. The van der Waals surface area contributed by atoms with Crippen LogP contribution in [0.2, 0.25) is 5.02 Å². The first-order chi connectivity index (χ1) is 20.0. The van der Waals surface area contributed by atoms with E-state index in [9.17, 15) is 9.18 Å². The summed E-state index contributed by atoms with van der Waals surface area (Å²) in [4.78, 5) is 22.6. The minimum Gasteiger partial charge on any atom is -0.492 e. The van der Waals surface area contributed by atoms with Crippen LogP contribution >= 0.6 is 11.6 Å². The third-order valence-corrected chi connectivity index (χ3v) is 9.40. The van der Waals surface area contributed by atoms with Crippen LogP contribution in [-0.2, 0) is 0 Å². The molecule has 5 aromatic rings. The van der Waals surface area contributed by atoms with Crippen molar-refractivity contribution >= 4 is 39.9 Å². The lowest BCUT2D eigenvalue weighted by atomic mass is 9.82. The lowest BCUT2D eigenvalue weighted by Gasteiger charge is -2.28. The molecule has 3 aliphatic rings. The summed E-state index contributed by atoms with van der Waals surface area (Å²) in [6, 6.07) is 10.8. The van der Waals surface area contributed by atoms with E-state index in [1.165, 1.54) is 12.1 Å². The van der Waals surface area contributed by atoms with Crippen LogP contribution in [0, 0.1) is 17.7 Å². The summed E-state index contributed by atoms with van der Waals surface area (Å²) in [5.41, 5.74) is 3.58. The Balaban J connectivity index is 1.06. The molecule has 3 aliphatic heterocycles. The van der Waals surface area contributed by atoms with Gasteiger partial charge in [0.2, 0.25) is 0 Å². The van der Waals surface area contributed by atoms with Crippen LogP contribution in [0.1, 0.15) is 30.1 Å². The first kappa shape index (κ1) is 24.6. The zero-order chi connectivity index (χ0) is 27.8. The first-order valence-corrected chi connectivity index (χ1v) is 14.4. The van der Waals surface area contributed by atoms with Crippen LogP contribution in [0.25, 0.3) is 27.7 Å². The maximum Gasteiger partial charge on any atom is 0.258 e. The third kappa shape index (κ3) is 3.66. The highest BCUT2D eigenvalue weighted by molar-refractivity contribution is 6.33. The fourth-order valence-electron chi connectivity index (χ4n) is 7.43. The molecule has 2 bridgehead atoms. The van der Waals surface area contributed by atoms with Gasteiger partial charge < -0.3 is 14.5 Å². The lowest BCUT2D eigenvalue weighted by molar-refractivity contribution is 0.0706. The van der Waals surface area contributed by atoms with Crippen molar-refractivity contribution in [3.63, 3.8) is 0 Å². The molecule has 3 fully saturated rings. The number of ether oxygens (including phenoxy) is 1. The Hall–Kier alpha value is -4.18. The van der Waals surface area contributed by atoms with Gasteiger partial charge in [-0.15, -0.1) is 5.10 Å². The predicted molar refractivity (Wildman–Crippen MR) is 153 cm³/mol. The Morgan fingerprint density at radius 1 is 1.15 bits per heavy atom. The second-order valence-corrected chi connectivity index (χ2v) is 11.5. The van der Waals surface area contributed by atoms with E-state index in [1.807, 2.05) is 34.8 Å². The van der Waals surface area contributed by atoms with Gasteiger partial charge >= 0.3 is 0 Å². The fourth-order valence-corrected chi connectivity index (χ4v) is 7.68. The van der Waals surface area contributed by atoms with Crippen molar-refractivity contribution in [2.45, 2.75) is 31.8 Å². The van der Waals surface area contributed by atoms with Crippen molar-refractivity contribution in [3.8, 4) is 16.9 Å². The number of aromatic amines is 1. The molecule has 41 heavy (non-hydrogen) atoms. The van der Waals surface area contributed by atoms with E-state index in [0.29, 0.717) is 24.1 Å². The molecule has 4 atom stereocenters. The van der Waals surface area contributed by atoms with Gasteiger partial charge in [-0.3, -0.25) is 9.89 Å². The monoisotopic (exact) mass is 571 g/mol. The Morgan fingerprint density at radius 2 is 1.95 bits per heavy atom. The number of aromatic nitrogens is 5. The summed E-state index contributed by atoms with van der Waals surface area (Å²) in [5.74, 6) is 1.46. The van der Waals surface area contributed by atoms with Gasteiger partial charge in [0, 0.05) is 54.3 Å².